The van der Waals surface area contributed by atoms with Gasteiger partial charge in [-0.15, -0.1) is 0 Å². The molecule has 0 aliphatic carbocycles. The van der Waals surface area contributed by atoms with Gasteiger partial charge in [0.2, 0.25) is 5.91 Å². The number of hydrogen-bond acceptors (Lipinski definition) is 3. The molecule has 0 aromatic heterocycles. The van der Waals surface area contributed by atoms with Gasteiger partial charge in [0, 0.05) is 6.42 Å². The first-order valence-corrected chi connectivity index (χ1v) is 25.9. The molecule has 0 radical (unpaired) electrons. The third-order valence-corrected chi connectivity index (χ3v) is 12.3. The molecular formula is C52H103NO3. The number of hydrogen-bond donors (Lipinski definition) is 3. The van der Waals surface area contributed by atoms with Crippen LogP contribution in [0.15, 0.2) is 12.2 Å². The van der Waals surface area contributed by atoms with Gasteiger partial charge in [-0.25, -0.2) is 0 Å². The molecule has 4 heteroatoms. The highest BCUT2D eigenvalue weighted by molar-refractivity contribution is 5.76. The Balaban J connectivity index is 3.44. The van der Waals surface area contributed by atoms with Gasteiger partial charge < -0.3 is 15.5 Å². The van der Waals surface area contributed by atoms with E-state index in [-0.39, 0.29) is 12.5 Å². The SMILES string of the molecule is CCCCCCCCCC/C=C\CCCCCCCCCCCCCCCC(=O)NC(CO)C(O)CCCCCCCCCCCCCCCCCCCCC. The Morgan fingerprint density at radius 3 is 0.982 bits per heavy atom. The highest BCUT2D eigenvalue weighted by Crippen LogP contribution is 2.17. The van der Waals surface area contributed by atoms with Gasteiger partial charge in [-0.1, -0.05) is 264 Å². The second kappa shape index (κ2) is 48.5. The summed E-state index contributed by atoms with van der Waals surface area (Å²) in [5.74, 6) is -0.0261. The van der Waals surface area contributed by atoms with E-state index in [0.29, 0.717) is 12.8 Å². The number of carbonyl (C=O) groups is 1. The molecule has 2 unspecified atom stereocenters. The number of allylic oxidation sites excluding steroid dienone is 2. The van der Waals surface area contributed by atoms with Crippen molar-refractivity contribution in [1.29, 1.82) is 0 Å². The average molecular weight is 790 g/mol. The number of amides is 1. The van der Waals surface area contributed by atoms with Gasteiger partial charge in [-0.3, -0.25) is 4.79 Å². The summed E-state index contributed by atoms with van der Waals surface area (Å²) in [5.41, 5.74) is 0. The van der Waals surface area contributed by atoms with Crippen LogP contribution in [-0.4, -0.2) is 34.9 Å². The molecule has 56 heavy (non-hydrogen) atoms. The highest BCUT2D eigenvalue weighted by atomic mass is 16.3. The largest absolute Gasteiger partial charge is 0.394 e. The fourth-order valence-electron chi connectivity index (χ4n) is 8.30. The molecule has 2 atom stereocenters. The molecule has 0 saturated heterocycles. The third kappa shape index (κ3) is 44.2. The molecule has 4 nitrogen and oxygen atoms in total. The molecule has 0 rings (SSSR count). The Labute approximate surface area is 352 Å². The van der Waals surface area contributed by atoms with Crippen LogP contribution < -0.4 is 5.32 Å². The van der Waals surface area contributed by atoms with Crippen molar-refractivity contribution in [3.63, 3.8) is 0 Å². The molecular weight excluding hydrogens is 687 g/mol. The maximum Gasteiger partial charge on any atom is 0.220 e. The van der Waals surface area contributed by atoms with Crippen LogP contribution in [0.5, 0.6) is 0 Å². The summed E-state index contributed by atoms with van der Waals surface area (Å²) in [6.45, 7) is 4.39. The fourth-order valence-corrected chi connectivity index (χ4v) is 8.30. The van der Waals surface area contributed by atoms with Gasteiger partial charge in [-0.2, -0.15) is 0 Å². The maximum absolute atomic E-state index is 12.5. The van der Waals surface area contributed by atoms with Gasteiger partial charge in [0.25, 0.3) is 0 Å². The van der Waals surface area contributed by atoms with Crippen molar-refractivity contribution in [2.45, 2.75) is 309 Å². The second-order valence-electron chi connectivity index (χ2n) is 17.9. The number of carbonyl (C=O) groups excluding carboxylic acids is 1. The smallest absolute Gasteiger partial charge is 0.220 e. The quantitative estimate of drug-likeness (QED) is 0.0425. The Bertz CT molecular complexity index is 769. The van der Waals surface area contributed by atoms with Crippen LogP contribution in [0.1, 0.15) is 296 Å². The third-order valence-electron chi connectivity index (χ3n) is 12.3. The van der Waals surface area contributed by atoms with Crippen molar-refractivity contribution in [2.75, 3.05) is 6.61 Å². The Hall–Kier alpha value is -0.870. The van der Waals surface area contributed by atoms with Crippen LogP contribution in [-0.2, 0) is 4.79 Å². The van der Waals surface area contributed by atoms with E-state index < -0.39 is 12.1 Å². The van der Waals surface area contributed by atoms with Gasteiger partial charge in [-0.05, 0) is 38.5 Å². The number of rotatable bonds is 48. The predicted molar refractivity (Wildman–Crippen MR) is 249 cm³/mol. The minimum absolute atomic E-state index is 0.0261. The molecule has 1 amide bonds. The standard InChI is InChI=1S/C52H103NO3/c1-3-5-7-9-11-13-15-17-19-21-23-24-25-26-27-28-30-32-34-36-38-40-42-44-46-48-52(56)53-50(49-54)51(55)47-45-43-41-39-37-35-33-31-29-22-20-18-16-14-12-10-8-6-4-2/h21,23,50-51,54-55H,3-20,22,24-49H2,1-2H3,(H,53,56)/b23-21-. The first kappa shape index (κ1) is 55.1. The van der Waals surface area contributed by atoms with Crippen LogP contribution in [0.25, 0.3) is 0 Å². The lowest BCUT2D eigenvalue weighted by Crippen LogP contribution is -2.45. The minimum atomic E-state index is -0.656. The zero-order valence-corrected chi connectivity index (χ0v) is 38.4. The van der Waals surface area contributed by atoms with E-state index in [1.807, 2.05) is 0 Å². The van der Waals surface area contributed by atoms with Crippen molar-refractivity contribution in [1.82, 2.24) is 5.32 Å². The topological polar surface area (TPSA) is 69.6 Å². The minimum Gasteiger partial charge on any atom is -0.394 e. The lowest BCUT2D eigenvalue weighted by molar-refractivity contribution is -0.123. The molecule has 3 N–H and O–H groups in total. The molecule has 0 aliphatic heterocycles. The summed E-state index contributed by atoms with van der Waals surface area (Å²) in [6, 6.07) is -0.533. The van der Waals surface area contributed by atoms with Crippen molar-refractivity contribution in [3.05, 3.63) is 12.2 Å². The van der Waals surface area contributed by atoms with E-state index in [1.165, 1.54) is 244 Å². The highest BCUT2D eigenvalue weighted by Gasteiger charge is 2.20. The number of aliphatic hydroxyl groups is 2. The van der Waals surface area contributed by atoms with E-state index >= 15 is 0 Å². The van der Waals surface area contributed by atoms with Crippen molar-refractivity contribution >= 4 is 5.91 Å². The summed E-state index contributed by atoms with van der Waals surface area (Å²) >= 11 is 0. The van der Waals surface area contributed by atoms with Crippen LogP contribution in [0, 0.1) is 0 Å². The van der Waals surface area contributed by atoms with E-state index in [9.17, 15) is 15.0 Å². The molecule has 0 aromatic carbocycles. The Morgan fingerprint density at radius 1 is 0.411 bits per heavy atom. The van der Waals surface area contributed by atoms with E-state index in [2.05, 4.69) is 31.3 Å². The van der Waals surface area contributed by atoms with Gasteiger partial charge >= 0.3 is 0 Å². The lowest BCUT2D eigenvalue weighted by atomic mass is 10.0. The monoisotopic (exact) mass is 790 g/mol. The molecule has 334 valence electrons. The van der Waals surface area contributed by atoms with E-state index in [1.54, 1.807) is 0 Å². The van der Waals surface area contributed by atoms with Crippen LogP contribution in [0.3, 0.4) is 0 Å². The summed E-state index contributed by atoms with van der Waals surface area (Å²) < 4.78 is 0. The Kier molecular flexibility index (Phi) is 47.7. The molecule has 0 spiro atoms. The summed E-state index contributed by atoms with van der Waals surface area (Å²) in [4.78, 5) is 12.5. The molecule has 0 bridgehead atoms. The number of aliphatic hydroxyl groups excluding tert-OH is 2. The number of nitrogens with one attached hydrogen (secondary N) is 1. The van der Waals surface area contributed by atoms with Crippen molar-refractivity contribution in [3.8, 4) is 0 Å². The van der Waals surface area contributed by atoms with Gasteiger partial charge in [0.1, 0.15) is 0 Å². The molecule has 0 aliphatic rings. The van der Waals surface area contributed by atoms with Gasteiger partial charge in [0.15, 0.2) is 0 Å². The molecule has 0 fully saturated rings. The summed E-state index contributed by atoms with van der Waals surface area (Å²) in [5, 5.41) is 23.3. The predicted octanol–water partition coefficient (Wildman–Crippen LogP) is 16.6. The van der Waals surface area contributed by atoms with Crippen molar-refractivity contribution < 1.29 is 15.0 Å². The maximum atomic E-state index is 12.5. The normalized spacial score (nSPS) is 12.9. The van der Waals surface area contributed by atoms with E-state index in [0.717, 1.165) is 25.7 Å². The molecule has 0 saturated carbocycles. The summed E-state index contributed by atoms with van der Waals surface area (Å²) in [6.07, 6.45) is 61.8. The molecule has 0 heterocycles. The Morgan fingerprint density at radius 2 is 0.679 bits per heavy atom. The van der Waals surface area contributed by atoms with Crippen molar-refractivity contribution in [2.24, 2.45) is 0 Å². The van der Waals surface area contributed by atoms with E-state index in [4.69, 9.17) is 0 Å². The molecule has 0 aromatic rings. The van der Waals surface area contributed by atoms with Crippen LogP contribution >= 0.6 is 0 Å². The average Bonchev–Trinajstić information content (AvgIpc) is 3.20. The van der Waals surface area contributed by atoms with Crippen LogP contribution in [0.4, 0.5) is 0 Å². The first-order chi connectivity index (χ1) is 27.7. The lowest BCUT2D eigenvalue weighted by Gasteiger charge is -2.22. The first-order valence-electron chi connectivity index (χ1n) is 25.9. The summed E-state index contributed by atoms with van der Waals surface area (Å²) in [7, 11) is 0. The zero-order valence-electron chi connectivity index (χ0n) is 38.4. The fraction of sp³-hybridized carbons (Fsp3) is 0.942. The number of unbranched alkanes of at least 4 members (excludes halogenated alkanes) is 39. The van der Waals surface area contributed by atoms with Gasteiger partial charge in [0.05, 0.1) is 18.8 Å². The zero-order chi connectivity index (χ0) is 40.7. The second-order valence-corrected chi connectivity index (χ2v) is 17.9. The van der Waals surface area contributed by atoms with Crippen LogP contribution in [0.2, 0.25) is 0 Å².